The minimum atomic E-state index is -0.260. The van der Waals surface area contributed by atoms with Gasteiger partial charge in [-0.1, -0.05) is 94.3 Å². The number of hydrogen-bond acceptors (Lipinski definition) is 0. The van der Waals surface area contributed by atoms with Crippen molar-refractivity contribution in [3.8, 4) is 0 Å². The molecule has 2 rings (SSSR count). The van der Waals surface area contributed by atoms with Crippen molar-refractivity contribution < 1.29 is 0 Å². The van der Waals surface area contributed by atoms with Gasteiger partial charge in [-0.05, 0) is 29.7 Å². The number of benzene rings is 2. The van der Waals surface area contributed by atoms with Crippen molar-refractivity contribution in [2.24, 2.45) is 0 Å². The van der Waals surface area contributed by atoms with Crippen molar-refractivity contribution >= 4 is 22.4 Å². The number of unbranched alkanes of at least 4 members (excludes halogenated alkanes) is 6. The number of fused-ring (bicyclic) bond motifs is 1. The van der Waals surface area contributed by atoms with E-state index in [4.69, 9.17) is 11.6 Å². The Bertz CT molecular complexity index is 566. The van der Waals surface area contributed by atoms with E-state index in [2.05, 4.69) is 56.3 Å². The van der Waals surface area contributed by atoms with Gasteiger partial charge in [0.2, 0.25) is 0 Å². The molecule has 0 bridgehead atoms. The van der Waals surface area contributed by atoms with Gasteiger partial charge < -0.3 is 0 Å². The molecule has 1 unspecified atom stereocenters. The average Bonchev–Trinajstić information content (AvgIpc) is 2.53. The van der Waals surface area contributed by atoms with Crippen LogP contribution in [0.2, 0.25) is 0 Å². The first-order valence-corrected chi connectivity index (χ1v) is 9.20. The highest BCUT2D eigenvalue weighted by molar-refractivity contribution is 6.24. The van der Waals surface area contributed by atoms with Crippen molar-refractivity contribution in [2.75, 3.05) is 0 Å². The Morgan fingerprint density at radius 1 is 0.818 bits per heavy atom. The van der Waals surface area contributed by atoms with Crippen LogP contribution in [0.5, 0.6) is 0 Å². The summed E-state index contributed by atoms with van der Waals surface area (Å²) in [6.07, 6.45) is 10.4. The van der Waals surface area contributed by atoms with E-state index in [1.165, 1.54) is 61.3 Å². The average molecular weight is 317 g/mol. The van der Waals surface area contributed by atoms with E-state index in [1.807, 2.05) is 0 Å². The second-order valence-electron chi connectivity index (χ2n) is 6.60. The predicted octanol–water partition coefficient (Wildman–Crippen LogP) is 7.43. The fourth-order valence-electron chi connectivity index (χ4n) is 3.23. The minimum absolute atomic E-state index is 0.260. The van der Waals surface area contributed by atoms with Gasteiger partial charge in [0, 0.05) is 0 Å². The summed E-state index contributed by atoms with van der Waals surface area (Å²) in [6, 6.07) is 15.0. The van der Waals surface area contributed by atoms with Crippen LogP contribution in [-0.4, -0.2) is 0 Å². The molecule has 0 saturated carbocycles. The Hall–Kier alpha value is -1.01. The topological polar surface area (TPSA) is 0 Å². The summed E-state index contributed by atoms with van der Waals surface area (Å²) in [5.41, 5.74) is 1.28. The van der Waals surface area contributed by atoms with E-state index in [9.17, 15) is 0 Å². The zero-order valence-electron chi connectivity index (χ0n) is 14.1. The van der Waals surface area contributed by atoms with Gasteiger partial charge in [0.25, 0.3) is 0 Å². The van der Waals surface area contributed by atoms with Crippen molar-refractivity contribution in [1.29, 1.82) is 0 Å². The van der Waals surface area contributed by atoms with Crippen LogP contribution < -0.4 is 0 Å². The van der Waals surface area contributed by atoms with Crippen molar-refractivity contribution in [3.05, 3.63) is 48.0 Å². The third-order valence-corrected chi connectivity index (χ3v) is 4.99. The maximum absolute atomic E-state index is 6.90. The van der Waals surface area contributed by atoms with Crippen LogP contribution in [0, 0.1) is 0 Å². The van der Waals surface area contributed by atoms with E-state index in [0.717, 1.165) is 6.42 Å². The molecule has 0 saturated heterocycles. The van der Waals surface area contributed by atoms with Crippen LogP contribution in [0.4, 0.5) is 0 Å². The molecule has 1 atom stereocenters. The lowest BCUT2D eigenvalue weighted by Gasteiger charge is -2.24. The van der Waals surface area contributed by atoms with E-state index >= 15 is 0 Å². The van der Waals surface area contributed by atoms with Crippen LogP contribution >= 0.6 is 11.6 Å². The highest BCUT2D eigenvalue weighted by Crippen LogP contribution is 2.38. The number of rotatable bonds is 9. The summed E-state index contributed by atoms with van der Waals surface area (Å²) in [4.78, 5) is -0.260. The highest BCUT2D eigenvalue weighted by Gasteiger charge is 2.24. The minimum Gasteiger partial charge on any atom is -0.114 e. The molecule has 0 aromatic heterocycles. The predicted molar refractivity (Wildman–Crippen MR) is 99.8 cm³/mol. The van der Waals surface area contributed by atoms with E-state index in [0.29, 0.717) is 0 Å². The van der Waals surface area contributed by atoms with Gasteiger partial charge >= 0.3 is 0 Å². The van der Waals surface area contributed by atoms with Crippen molar-refractivity contribution in [3.63, 3.8) is 0 Å². The van der Waals surface area contributed by atoms with Gasteiger partial charge in [-0.15, -0.1) is 11.6 Å². The first kappa shape index (κ1) is 17.3. The fourth-order valence-corrected chi connectivity index (χ4v) is 3.53. The summed E-state index contributed by atoms with van der Waals surface area (Å²) >= 11 is 6.90. The van der Waals surface area contributed by atoms with Crippen LogP contribution in [0.15, 0.2) is 42.5 Å². The van der Waals surface area contributed by atoms with Gasteiger partial charge in [-0.2, -0.15) is 0 Å². The number of hydrogen-bond donors (Lipinski definition) is 0. The maximum atomic E-state index is 6.90. The zero-order chi connectivity index (χ0) is 15.8. The van der Waals surface area contributed by atoms with Gasteiger partial charge in [0.15, 0.2) is 0 Å². The lowest BCUT2D eigenvalue weighted by atomic mass is 9.90. The molecule has 2 aromatic rings. The van der Waals surface area contributed by atoms with Crippen LogP contribution in [0.1, 0.15) is 70.8 Å². The molecule has 0 fully saturated rings. The molecule has 0 amide bonds. The zero-order valence-corrected chi connectivity index (χ0v) is 14.8. The smallest absolute Gasteiger partial charge is 0.0672 e. The molecule has 0 spiro atoms. The molecule has 0 heterocycles. The molecular formula is C21H29Cl. The second-order valence-corrected chi connectivity index (χ2v) is 7.43. The summed E-state index contributed by atoms with van der Waals surface area (Å²) < 4.78 is 0. The van der Waals surface area contributed by atoms with Crippen molar-refractivity contribution in [2.45, 2.75) is 70.1 Å². The molecule has 0 nitrogen and oxygen atoms in total. The highest BCUT2D eigenvalue weighted by atomic mass is 35.5. The fraction of sp³-hybridized carbons (Fsp3) is 0.524. The Morgan fingerprint density at radius 3 is 2.23 bits per heavy atom. The number of halogens is 1. The van der Waals surface area contributed by atoms with Gasteiger partial charge in [-0.3, -0.25) is 0 Å². The third-order valence-electron chi connectivity index (χ3n) is 4.60. The van der Waals surface area contributed by atoms with Crippen LogP contribution in [0.3, 0.4) is 0 Å². The van der Waals surface area contributed by atoms with Crippen molar-refractivity contribution in [1.82, 2.24) is 0 Å². The van der Waals surface area contributed by atoms with Gasteiger partial charge in [0.05, 0.1) is 4.87 Å². The Kier molecular flexibility index (Phi) is 6.76. The summed E-state index contributed by atoms with van der Waals surface area (Å²) in [7, 11) is 0. The number of alkyl halides is 1. The molecule has 0 aliphatic heterocycles. The Labute approximate surface area is 140 Å². The normalized spacial score (nSPS) is 14.1. The van der Waals surface area contributed by atoms with E-state index in [-0.39, 0.29) is 4.87 Å². The first-order valence-electron chi connectivity index (χ1n) is 8.82. The van der Waals surface area contributed by atoms with Gasteiger partial charge in [0.1, 0.15) is 0 Å². The maximum Gasteiger partial charge on any atom is 0.0672 e. The monoisotopic (exact) mass is 316 g/mol. The van der Waals surface area contributed by atoms with Crippen LogP contribution in [-0.2, 0) is 4.87 Å². The van der Waals surface area contributed by atoms with E-state index in [1.54, 1.807) is 0 Å². The molecule has 2 aromatic carbocycles. The lowest BCUT2D eigenvalue weighted by molar-refractivity contribution is 0.523. The second kappa shape index (κ2) is 8.58. The summed E-state index contributed by atoms with van der Waals surface area (Å²) in [5.74, 6) is 0. The standard InChI is InChI=1S/C21H29Cl/c1-3-4-5-6-7-8-11-17-21(2,22)20-16-12-14-18-13-9-10-15-19(18)20/h9-10,12-16H,3-8,11,17H2,1-2H3. The van der Waals surface area contributed by atoms with E-state index < -0.39 is 0 Å². The SMILES string of the molecule is CCCCCCCCCC(C)(Cl)c1cccc2ccccc12. The third kappa shape index (κ3) is 4.74. The first-order chi connectivity index (χ1) is 10.6. The Morgan fingerprint density at radius 2 is 1.45 bits per heavy atom. The van der Waals surface area contributed by atoms with Gasteiger partial charge in [-0.25, -0.2) is 0 Å². The summed E-state index contributed by atoms with van der Waals surface area (Å²) in [5, 5.41) is 2.58. The molecule has 0 aliphatic carbocycles. The molecule has 1 heteroatoms. The summed E-state index contributed by atoms with van der Waals surface area (Å²) in [6.45, 7) is 4.44. The largest absolute Gasteiger partial charge is 0.114 e. The Balaban J connectivity index is 1.92. The molecule has 0 aliphatic rings. The lowest BCUT2D eigenvalue weighted by Crippen LogP contribution is -2.14. The van der Waals surface area contributed by atoms with Crippen LogP contribution in [0.25, 0.3) is 10.8 Å². The molecular weight excluding hydrogens is 288 g/mol. The molecule has 22 heavy (non-hydrogen) atoms. The molecule has 0 radical (unpaired) electrons. The quantitative estimate of drug-likeness (QED) is 0.333. The molecule has 120 valence electrons. The molecule has 0 N–H and O–H groups in total.